The predicted molar refractivity (Wildman–Crippen MR) is 69.6 cm³/mol. The lowest BCUT2D eigenvalue weighted by Crippen LogP contribution is -2.42. The zero-order valence-electron chi connectivity index (χ0n) is 9.94. The molecule has 1 unspecified atom stereocenters. The van der Waals surface area contributed by atoms with Gasteiger partial charge in [-0.1, -0.05) is 0 Å². The second kappa shape index (κ2) is 5.60. The summed E-state index contributed by atoms with van der Waals surface area (Å²) in [5.41, 5.74) is 0.547. The second-order valence-electron chi connectivity index (χ2n) is 4.12. The molecule has 0 fully saturated rings. The lowest BCUT2D eigenvalue weighted by atomic mass is 10.1. The van der Waals surface area contributed by atoms with Gasteiger partial charge in [-0.15, -0.1) is 11.8 Å². The summed E-state index contributed by atoms with van der Waals surface area (Å²) in [7, 11) is 0. The van der Waals surface area contributed by atoms with E-state index in [4.69, 9.17) is 10.2 Å². The third-order valence-corrected chi connectivity index (χ3v) is 3.80. The maximum atomic E-state index is 11.9. The Morgan fingerprint density at radius 1 is 1.47 bits per heavy atom. The van der Waals surface area contributed by atoms with E-state index in [0.717, 1.165) is 4.90 Å². The Morgan fingerprint density at radius 2 is 2.21 bits per heavy atom. The molecule has 1 aromatic rings. The Kier molecular flexibility index (Phi) is 4.08. The number of benzene rings is 1. The normalized spacial score (nSPS) is 16.1. The van der Waals surface area contributed by atoms with Gasteiger partial charge < -0.3 is 20.2 Å². The van der Waals surface area contributed by atoms with E-state index < -0.39 is 18.7 Å². The number of carboxylic acids is 1. The van der Waals surface area contributed by atoms with Crippen LogP contribution in [0.15, 0.2) is 23.1 Å². The van der Waals surface area contributed by atoms with E-state index in [1.807, 2.05) is 0 Å². The minimum Gasteiger partial charge on any atom is -0.478 e. The molecule has 1 aliphatic heterocycles. The average Bonchev–Trinajstić information content (AvgIpc) is 2.41. The highest BCUT2D eigenvalue weighted by molar-refractivity contribution is 8.00. The van der Waals surface area contributed by atoms with Gasteiger partial charge in [0.2, 0.25) is 5.91 Å². The number of aromatic carboxylic acids is 1. The molecule has 0 saturated carbocycles. The van der Waals surface area contributed by atoms with Crippen molar-refractivity contribution < 1.29 is 24.9 Å². The third kappa shape index (κ3) is 2.89. The van der Waals surface area contributed by atoms with Crippen molar-refractivity contribution in [3.05, 3.63) is 23.8 Å². The van der Waals surface area contributed by atoms with Gasteiger partial charge in [0.05, 0.1) is 36.3 Å². The van der Waals surface area contributed by atoms with Gasteiger partial charge in [0.25, 0.3) is 0 Å². The van der Waals surface area contributed by atoms with Crippen molar-refractivity contribution in [3.8, 4) is 0 Å². The number of anilines is 1. The topological polar surface area (TPSA) is 98.1 Å². The number of hydrogen-bond acceptors (Lipinski definition) is 5. The molecule has 102 valence electrons. The standard InChI is InChI=1S/C12H13NO5S/c14-5-8(15)4-13-9-3-7(12(17)18)1-2-10(9)19-6-11(13)16/h1-3,8,14-15H,4-6H2,(H,17,18). The van der Waals surface area contributed by atoms with Crippen LogP contribution in [0, 0.1) is 0 Å². The molecule has 7 heteroatoms. The first-order valence-electron chi connectivity index (χ1n) is 5.62. The SMILES string of the molecule is O=C(O)c1ccc2c(c1)N(CC(O)CO)C(=O)CS2. The lowest BCUT2D eigenvalue weighted by Gasteiger charge is -2.30. The van der Waals surface area contributed by atoms with E-state index >= 15 is 0 Å². The average molecular weight is 283 g/mol. The molecule has 0 aliphatic carbocycles. The first-order chi connectivity index (χ1) is 9.02. The molecular weight excluding hydrogens is 270 g/mol. The molecule has 0 bridgehead atoms. The van der Waals surface area contributed by atoms with E-state index in [9.17, 15) is 14.7 Å². The summed E-state index contributed by atoms with van der Waals surface area (Å²) in [4.78, 5) is 24.9. The zero-order chi connectivity index (χ0) is 14.0. The summed E-state index contributed by atoms with van der Waals surface area (Å²) in [5.74, 6) is -1.06. The van der Waals surface area contributed by atoms with Crippen molar-refractivity contribution in [2.45, 2.75) is 11.0 Å². The number of nitrogens with zero attached hydrogens (tertiary/aromatic N) is 1. The van der Waals surface area contributed by atoms with Gasteiger partial charge in [0.1, 0.15) is 0 Å². The van der Waals surface area contributed by atoms with E-state index in [2.05, 4.69) is 0 Å². The number of fused-ring (bicyclic) bond motifs is 1. The summed E-state index contributed by atoms with van der Waals surface area (Å²) in [6.45, 7) is -0.503. The highest BCUT2D eigenvalue weighted by Crippen LogP contribution is 2.36. The van der Waals surface area contributed by atoms with Gasteiger partial charge in [0, 0.05) is 4.90 Å². The van der Waals surface area contributed by atoms with Crippen LogP contribution in [0.5, 0.6) is 0 Å². The number of carbonyl (C=O) groups excluding carboxylic acids is 1. The van der Waals surface area contributed by atoms with E-state index in [-0.39, 0.29) is 23.8 Å². The maximum absolute atomic E-state index is 11.9. The summed E-state index contributed by atoms with van der Waals surface area (Å²) in [6, 6.07) is 4.53. The van der Waals surface area contributed by atoms with Crippen molar-refractivity contribution >= 4 is 29.3 Å². The first-order valence-corrected chi connectivity index (χ1v) is 6.61. The highest BCUT2D eigenvalue weighted by Gasteiger charge is 2.27. The number of rotatable bonds is 4. The number of β-amino-alcohol motifs (C(OH)–C–C–N with tert-alkyl or cyclic N) is 1. The smallest absolute Gasteiger partial charge is 0.335 e. The van der Waals surface area contributed by atoms with Crippen molar-refractivity contribution in [1.82, 2.24) is 0 Å². The summed E-state index contributed by atoms with van der Waals surface area (Å²) in [5, 5.41) is 27.3. The summed E-state index contributed by atoms with van der Waals surface area (Å²) < 4.78 is 0. The van der Waals surface area contributed by atoms with Crippen molar-refractivity contribution in [2.24, 2.45) is 0 Å². The van der Waals surface area contributed by atoms with Crippen LogP contribution < -0.4 is 4.90 Å². The van der Waals surface area contributed by atoms with Crippen LogP contribution in [-0.4, -0.2) is 52.2 Å². The quantitative estimate of drug-likeness (QED) is 0.729. The second-order valence-corrected chi connectivity index (χ2v) is 5.13. The van der Waals surface area contributed by atoms with Crippen LogP contribution in [0.3, 0.4) is 0 Å². The molecule has 6 nitrogen and oxygen atoms in total. The van der Waals surface area contributed by atoms with Crippen LogP contribution in [0.4, 0.5) is 5.69 Å². The van der Waals surface area contributed by atoms with Crippen LogP contribution in [0.2, 0.25) is 0 Å². The molecule has 1 aromatic carbocycles. The van der Waals surface area contributed by atoms with Gasteiger partial charge in [-0.25, -0.2) is 4.79 Å². The summed E-state index contributed by atoms with van der Waals surface area (Å²) in [6.07, 6.45) is -1.05. The molecule has 0 saturated heterocycles. The maximum Gasteiger partial charge on any atom is 0.335 e. The molecule has 0 aromatic heterocycles. The molecule has 0 spiro atoms. The van der Waals surface area contributed by atoms with Crippen LogP contribution >= 0.6 is 11.8 Å². The van der Waals surface area contributed by atoms with Gasteiger partial charge >= 0.3 is 5.97 Å². The van der Waals surface area contributed by atoms with Gasteiger partial charge in [-0.3, -0.25) is 4.79 Å². The minimum absolute atomic E-state index is 0.0496. The van der Waals surface area contributed by atoms with Crippen molar-refractivity contribution in [1.29, 1.82) is 0 Å². The highest BCUT2D eigenvalue weighted by atomic mass is 32.2. The van der Waals surface area contributed by atoms with Gasteiger partial charge in [-0.2, -0.15) is 0 Å². The Morgan fingerprint density at radius 3 is 2.84 bits per heavy atom. The Bertz CT molecular complexity index is 519. The van der Waals surface area contributed by atoms with Crippen molar-refractivity contribution in [2.75, 3.05) is 23.8 Å². The third-order valence-electron chi connectivity index (χ3n) is 2.75. The number of carbonyl (C=O) groups is 2. The number of amides is 1. The molecule has 1 heterocycles. The Balaban J connectivity index is 2.38. The zero-order valence-corrected chi connectivity index (χ0v) is 10.8. The fraction of sp³-hybridized carbons (Fsp3) is 0.333. The van der Waals surface area contributed by atoms with E-state index in [1.54, 1.807) is 6.07 Å². The van der Waals surface area contributed by atoms with E-state index in [1.165, 1.54) is 28.8 Å². The molecule has 19 heavy (non-hydrogen) atoms. The molecule has 1 amide bonds. The number of carboxylic acid groups (broad SMARTS) is 1. The van der Waals surface area contributed by atoms with Gasteiger partial charge in [-0.05, 0) is 18.2 Å². The van der Waals surface area contributed by atoms with Gasteiger partial charge in [0.15, 0.2) is 0 Å². The monoisotopic (exact) mass is 283 g/mol. The van der Waals surface area contributed by atoms with Crippen LogP contribution in [0.25, 0.3) is 0 Å². The summed E-state index contributed by atoms with van der Waals surface area (Å²) >= 11 is 1.33. The number of aliphatic hydroxyl groups excluding tert-OH is 2. The Hall–Kier alpha value is -1.57. The fourth-order valence-corrected chi connectivity index (χ4v) is 2.72. The predicted octanol–water partition coefficient (Wildman–Crippen LogP) is 0.177. The fourth-order valence-electron chi connectivity index (χ4n) is 1.80. The van der Waals surface area contributed by atoms with Crippen LogP contribution in [-0.2, 0) is 4.79 Å². The Labute approximate surface area is 113 Å². The molecule has 1 atom stereocenters. The van der Waals surface area contributed by atoms with Crippen molar-refractivity contribution in [3.63, 3.8) is 0 Å². The lowest BCUT2D eigenvalue weighted by molar-refractivity contribution is -0.116. The first kappa shape index (κ1) is 13.9. The minimum atomic E-state index is -1.08. The van der Waals surface area contributed by atoms with Crippen LogP contribution in [0.1, 0.15) is 10.4 Å². The molecule has 1 aliphatic rings. The number of hydrogen-bond donors (Lipinski definition) is 3. The molecule has 3 N–H and O–H groups in total. The molecule has 0 radical (unpaired) electrons. The molecule has 2 rings (SSSR count). The van der Waals surface area contributed by atoms with E-state index in [0.29, 0.717) is 5.69 Å². The number of thioether (sulfide) groups is 1. The largest absolute Gasteiger partial charge is 0.478 e. The molecular formula is C12H13NO5S. The number of aliphatic hydroxyl groups is 2.